The van der Waals surface area contributed by atoms with E-state index in [2.05, 4.69) is 16.0 Å². The predicted octanol–water partition coefficient (Wildman–Crippen LogP) is 2.85. The summed E-state index contributed by atoms with van der Waals surface area (Å²) in [6.45, 7) is 1.24. The number of benzene rings is 2. The van der Waals surface area contributed by atoms with Gasteiger partial charge < -0.3 is 20.7 Å². The number of carbonyl (C=O) groups excluding carboxylic acids is 2. The smallest absolute Gasteiger partial charge is 0.315 e. The number of halogens is 2. The third kappa shape index (κ3) is 8.13. The minimum atomic E-state index is -1.06. The molecule has 0 unspecified atom stereocenters. The van der Waals surface area contributed by atoms with Gasteiger partial charge in [-0.25, -0.2) is 13.6 Å². The van der Waals surface area contributed by atoms with E-state index >= 15 is 0 Å². The van der Waals surface area contributed by atoms with E-state index in [-0.39, 0.29) is 12.2 Å². The summed E-state index contributed by atoms with van der Waals surface area (Å²) in [5.74, 6) is -2.61. The number of hydrogen-bond acceptors (Lipinski definition) is 3. The van der Waals surface area contributed by atoms with Crippen LogP contribution in [-0.4, -0.2) is 38.2 Å². The van der Waals surface area contributed by atoms with Gasteiger partial charge in [-0.3, -0.25) is 4.79 Å². The second-order valence-corrected chi connectivity index (χ2v) is 5.99. The second-order valence-electron chi connectivity index (χ2n) is 5.99. The van der Waals surface area contributed by atoms with Crippen LogP contribution in [0, 0.1) is 11.6 Å². The van der Waals surface area contributed by atoms with Gasteiger partial charge in [0.1, 0.15) is 0 Å². The van der Waals surface area contributed by atoms with Gasteiger partial charge in [0.15, 0.2) is 11.6 Å². The largest absolute Gasteiger partial charge is 0.381 e. The molecule has 2 rings (SSSR count). The summed E-state index contributed by atoms with van der Waals surface area (Å²) in [4.78, 5) is 23.3. The van der Waals surface area contributed by atoms with Crippen molar-refractivity contribution in [2.24, 2.45) is 0 Å². The highest BCUT2D eigenvalue weighted by Gasteiger charge is 2.07. The molecule has 0 fully saturated rings. The van der Waals surface area contributed by atoms with Gasteiger partial charge in [-0.05, 0) is 30.5 Å². The quantitative estimate of drug-likeness (QED) is 0.545. The van der Waals surface area contributed by atoms with Crippen LogP contribution < -0.4 is 16.0 Å². The van der Waals surface area contributed by atoms with Crippen molar-refractivity contribution in [2.75, 3.05) is 31.6 Å². The summed E-state index contributed by atoms with van der Waals surface area (Å²) in [7, 11) is 0. The molecule has 2 aromatic carbocycles. The topological polar surface area (TPSA) is 79.5 Å². The molecular weight excluding hydrogens is 368 g/mol. The van der Waals surface area contributed by atoms with Crippen molar-refractivity contribution in [3.63, 3.8) is 0 Å². The fraction of sp³-hybridized carbons (Fsp3) is 0.300. The Hall–Kier alpha value is -3.00. The zero-order valence-electron chi connectivity index (χ0n) is 15.3. The molecule has 0 bridgehead atoms. The molecule has 0 aliphatic carbocycles. The highest BCUT2D eigenvalue weighted by atomic mass is 19.2. The third-order valence-corrected chi connectivity index (χ3v) is 3.74. The molecule has 0 radical (unpaired) electrons. The van der Waals surface area contributed by atoms with Gasteiger partial charge in [-0.1, -0.05) is 30.3 Å². The number of urea groups is 1. The van der Waals surface area contributed by atoms with Gasteiger partial charge in [0.2, 0.25) is 5.91 Å². The number of anilines is 1. The van der Waals surface area contributed by atoms with Crippen molar-refractivity contribution < 1.29 is 23.1 Å². The summed E-state index contributed by atoms with van der Waals surface area (Å²) in [5, 5.41) is 7.35. The first-order valence-electron chi connectivity index (χ1n) is 8.93. The lowest BCUT2D eigenvalue weighted by atomic mass is 10.2. The lowest BCUT2D eigenvalue weighted by Crippen LogP contribution is -2.40. The number of ether oxygens (including phenoxy) is 1. The van der Waals surface area contributed by atoms with E-state index in [1.165, 1.54) is 11.6 Å². The minimum Gasteiger partial charge on any atom is -0.381 e. The molecule has 2 aromatic rings. The van der Waals surface area contributed by atoms with Gasteiger partial charge in [0.05, 0.1) is 13.2 Å². The molecule has 0 aliphatic heterocycles. The van der Waals surface area contributed by atoms with E-state index in [9.17, 15) is 18.4 Å². The molecule has 150 valence electrons. The molecule has 0 heterocycles. The average molecular weight is 391 g/mol. The highest BCUT2D eigenvalue weighted by molar-refractivity contribution is 5.94. The first-order valence-corrected chi connectivity index (χ1v) is 8.93. The Balaban J connectivity index is 1.50. The van der Waals surface area contributed by atoms with Crippen LogP contribution in [-0.2, 0) is 16.0 Å². The van der Waals surface area contributed by atoms with Crippen molar-refractivity contribution in [3.8, 4) is 0 Å². The Morgan fingerprint density at radius 2 is 1.71 bits per heavy atom. The van der Waals surface area contributed by atoms with Crippen LogP contribution in [0.5, 0.6) is 0 Å². The molecule has 6 nitrogen and oxygen atoms in total. The average Bonchev–Trinajstić information content (AvgIpc) is 2.69. The fourth-order valence-corrected chi connectivity index (χ4v) is 2.32. The van der Waals surface area contributed by atoms with Crippen molar-refractivity contribution >= 4 is 17.6 Å². The number of amides is 3. The van der Waals surface area contributed by atoms with Crippen molar-refractivity contribution in [3.05, 3.63) is 65.7 Å². The van der Waals surface area contributed by atoms with Crippen LogP contribution in [0.4, 0.5) is 19.3 Å². The standard InChI is InChI=1S/C20H23F2N3O3/c21-17-8-7-16(13-18(17)22)25-19(26)14-24-20(27)23-10-4-11-28-12-9-15-5-2-1-3-6-15/h1-3,5-8,13H,4,9-12,14H2,(H,25,26)(H2,23,24,27). The van der Waals surface area contributed by atoms with Gasteiger partial charge in [0, 0.05) is 24.9 Å². The molecule has 0 aromatic heterocycles. The molecule has 3 amide bonds. The summed E-state index contributed by atoms with van der Waals surface area (Å²) >= 11 is 0. The Labute approximate surface area is 162 Å². The molecule has 28 heavy (non-hydrogen) atoms. The van der Waals surface area contributed by atoms with Crippen molar-refractivity contribution in [1.82, 2.24) is 10.6 Å². The summed E-state index contributed by atoms with van der Waals surface area (Å²) in [6.07, 6.45) is 1.48. The van der Waals surface area contributed by atoms with Crippen LogP contribution in [0.3, 0.4) is 0 Å². The first kappa shape index (κ1) is 21.3. The highest BCUT2D eigenvalue weighted by Crippen LogP contribution is 2.12. The molecule has 8 heteroatoms. The van der Waals surface area contributed by atoms with E-state index in [0.29, 0.717) is 26.2 Å². The van der Waals surface area contributed by atoms with Gasteiger partial charge >= 0.3 is 6.03 Å². The maximum absolute atomic E-state index is 13.1. The van der Waals surface area contributed by atoms with Gasteiger partial charge in [0.25, 0.3) is 0 Å². The molecular formula is C20H23F2N3O3. The van der Waals surface area contributed by atoms with Crippen molar-refractivity contribution in [1.29, 1.82) is 0 Å². The predicted molar refractivity (Wildman–Crippen MR) is 102 cm³/mol. The molecule has 0 atom stereocenters. The Morgan fingerprint density at radius 1 is 0.929 bits per heavy atom. The van der Waals surface area contributed by atoms with Crippen LogP contribution in [0.1, 0.15) is 12.0 Å². The zero-order valence-corrected chi connectivity index (χ0v) is 15.3. The molecule has 0 saturated carbocycles. The van der Waals surface area contributed by atoms with Crippen LogP contribution in [0.25, 0.3) is 0 Å². The SMILES string of the molecule is O=C(CNC(=O)NCCCOCCc1ccccc1)Nc1ccc(F)c(F)c1. The fourth-order valence-electron chi connectivity index (χ4n) is 2.32. The first-order chi connectivity index (χ1) is 13.5. The van der Waals surface area contributed by atoms with Crippen LogP contribution in [0.2, 0.25) is 0 Å². The third-order valence-electron chi connectivity index (χ3n) is 3.74. The molecule has 0 spiro atoms. The Kier molecular flexibility index (Phi) is 8.87. The molecule has 3 N–H and O–H groups in total. The summed E-state index contributed by atoms with van der Waals surface area (Å²) in [5.41, 5.74) is 1.32. The lowest BCUT2D eigenvalue weighted by Gasteiger charge is -2.09. The summed E-state index contributed by atoms with van der Waals surface area (Å²) < 4.78 is 31.4. The minimum absolute atomic E-state index is 0.110. The van der Waals surface area contributed by atoms with Crippen LogP contribution >= 0.6 is 0 Å². The zero-order chi connectivity index (χ0) is 20.2. The van der Waals surface area contributed by atoms with Gasteiger partial charge in [-0.2, -0.15) is 0 Å². The summed E-state index contributed by atoms with van der Waals surface area (Å²) in [6, 6.07) is 12.5. The van der Waals surface area contributed by atoms with E-state index < -0.39 is 23.6 Å². The number of hydrogen-bond donors (Lipinski definition) is 3. The van der Waals surface area contributed by atoms with E-state index in [4.69, 9.17) is 4.74 Å². The number of nitrogens with one attached hydrogen (secondary N) is 3. The number of rotatable bonds is 10. The molecule has 0 aliphatic rings. The van der Waals surface area contributed by atoms with Gasteiger partial charge in [-0.15, -0.1) is 0 Å². The maximum atomic E-state index is 13.1. The van der Waals surface area contributed by atoms with E-state index in [0.717, 1.165) is 18.6 Å². The van der Waals surface area contributed by atoms with Crippen LogP contribution in [0.15, 0.2) is 48.5 Å². The normalized spacial score (nSPS) is 10.4. The second kappa shape index (κ2) is 11.7. The van der Waals surface area contributed by atoms with E-state index in [1.54, 1.807) is 0 Å². The lowest BCUT2D eigenvalue weighted by molar-refractivity contribution is -0.115. The maximum Gasteiger partial charge on any atom is 0.315 e. The Bertz CT molecular complexity index is 773. The molecule has 0 saturated heterocycles. The Morgan fingerprint density at radius 3 is 2.46 bits per heavy atom. The van der Waals surface area contributed by atoms with Crippen molar-refractivity contribution in [2.45, 2.75) is 12.8 Å². The number of carbonyl (C=O) groups is 2. The van der Waals surface area contributed by atoms with E-state index in [1.807, 2.05) is 30.3 Å². The monoisotopic (exact) mass is 391 g/mol.